The summed E-state index contributed by atoms with van der Waals surface area (Å²) in [5.41, 5.74) is 2.05. The summed E-state index contributed by atoms with van der Waals surface area (Å²) in [5.74, 6) is 0. The van der Waals surface area contributed by atoms with Crippen LogP contribution in [0.2, 0.25) is 5.02 Å². The molecule has 2 N–H and O–H groups in total. The summed E-state index contributed by atoms with van der Waals surface area (Å²) in [5, 5.41) is 13.9. The van der Waals surface area contributed by atoms with Crippen LogP contribution in [0.1, 0.15) is 17.2 Å². The van der Waals surface area contributed by atoms with Crippen molar-refractivity contribution in [1.29, 1.82) is 0 Å². The molecule has 1 unspecified atom stereocenters. The molecule has 0 aliphatic rings. The van der Waals surface area contributed by atoms with Crippen LogP contribution in [0.4, 0.5) is 0 Å². The van der Waals surface area contributed by atoms with Gasteiger partial charge >= 0.3 is 0 Å². The minimum atomic E-state index is -0.489. The van der Waals surface area contributed by atoms with Crippen LogP contribution >= 0.6 is 27.5 Å². The van der Waals surface area contributed by atoms with Crippen LogP contribution < -0.4 is 5.32 Å². The molecule has 0 saturated heterocycles. The van der Waals surface area contributed by atoms with Gasteiger partial charge in [0.05, 0.1) is 11.1 Å². The molecule has 1 atom stereocenters. The zero-order chi connectivity index (χ0) is 13.7. The largest absolute Gasteiger partial charge is 0.387 e. The van der Waals surface area contributed by atoms with Crippen LogP contribution in [-0.2, 0) is 6.54 Å². The molecule has 19 heavy (non-hydrogen) atoms. The van der Waals surface area contributed by atoms with Gasteiger partial charge in [0.1, 0.15) is 0 Å². The topological polar surface area (TPSA) is 32.3 Å². The lowest BCUT2D eigenvalue weighted by atomic mass is 10.1. The van der Waals surface area contributed by atoms with Gasteiger partial charge in [-0.2, -0.15) is 0 Å². The van der Waals surface area contributed by atoms with E-state index in [0.29, 0.717) is 18.1 Å². The van der Waals surface area contributed by atoms with Crippen molar-refractivity contribution in [3.63, 3.8) is 0 Å². The van der Waals surface area contributed by atoms with E-state index in [1.807, 2.05) is 48.5 Å². The maximum Gasteiger partial charge on any atom is 0.0914 e. The summed E-state index contributed by atoms with van der Waals surface area (Å²) in [6.45, 7) is 1.21. The monoisotopic (exact) mass is 339 g/mol. The summed E-state index contributed by atoms with van der Waals surface area (Å²) >= 11 is 9.33. The predicted molar refractivity (Wildman–Crippen MR) is 82.3 cm³/mol. The number of rotatable bonds is 5. The van der Waals surface area contributed by atoms with Gasteiger partial charge in [-0.05, 0) is 39.2 Å². The molecule has 0 fully saturated rings. The second kappa shape index (κ2) is 7.06. The average Bonchev–Trinajstić information content (AvgIpc) is 2.43. The number of aliphatic hydroxyl groups excluding tert-OH is 1. The molecule has 0 saturated carbocycles. The standard InChI is InChI=1S/C15H15BrClNO/c16-13-8-11(6-7-14(13)17)9-18-10-15(19)12-4-2-1-3-5-12/h1-8,15,18-19H,9-10H2. The Morgan fingerprint density at radius 1 is 1.16 bits per heavy atom. The summed E-state index contributed by atoms with van der Waals surface area (Å²) < 4.78 is 0.886. The van der Waals surface area contributed by atoms with Gasteiger partial charge in [-0.15, -0.1) is 0 Å². The van der Waals surface area contributed by atoms with Crippen molar-refractivity contribution in [2.24, 2.45) is 0 Å². The summed E-state index contributed by atoms with van der Waals surface area (Å²) in [6.07, 6.45) is -0.489. The van der Waals surface area contributed by atoms with Crippen molar-refractivity contribution >= 4 is 27.5 Å². The molecule has 0 spiro atoms. The molecule has 100 valence electrons. The zero-order valence-electron chi connectivity index (χ0n) is 10.3. The Balaban J connectivity index is 1.85. The van der Waals surface area contributed by atoms with Crippen LogP contribution in [0.15, 0.2) is 53.0 Å². The zero-order valence-corrected chi connectivity index (χ0v) is 12.7. The fourth-order valence-electron chi connectivity index (χ4n) is 1.80. The van der Waals surface area contributed by atoms with Gasteiger partial charge in [0.25, 0.3) is 0 Å². The maximum absolute atomic E-state index is 10.0. The molecule has 2 aromatic carbocycles. The van der Waals surface area contributed by atoms with Crippen molar-refractivity contribution in [3.05, 3.63) is 69.2 Å². The fraction of sp³-hybridized carbons (Fsp3) is 0.200. The Bertz CT molecular complexity index is 533. The van der Waals surface area contributed by atoms with Crippen LogP contribution in [0.25, 0.3) is 0 Å². The molecule has 2 rings (SSSR count). The number of aliphatic hydroxyl groups is 1. The summed E-state index contributed by atoms with van der Waals surface area (Å²) in [6, 6.07) is 15.4. The van der Waals surface area contributed by atoms with E-state index in [-0.39, 0.29) is 0 Å². The highest BCUT2D eigenvalue weighted by atomic mass is 79.9. The van der Waals surface area contributed by atoms with Crippen LogP contribution in [-0.4, -0.2) is 11.7 Å². The number of hydrogen-bond donors (Lipinski definition) is 2. The van der Waals surface area contributed by atoms with Gasteiger partial charge in [0.15, 0.2) is 0 Å². The molecule has 4 heteroatoms. The SMILES string of the molecule is OC(CNCc1ccc(Cl)c(Br)c1)c1ccccc1. The molecule has 0 aromatic heterocycles. The highest BCUT2D eigenvalue weighted by Crippen LogP contribution is 2.23. The lowest BCUT2D eigenvalue weighted by Gasteiger charge is -2.12. The van der Waals surface area contributed by atoms with Crippen LogP contribution in [0.3, 0.4) is 0 Å². The Labute approximate surface area is 126 Å². The first-order valence-electron chi connectivity index (χ1n) is 6.04. The van der Waals surface area contributed by atoms with E-state index in [1.54, 1.807) is 0 Å². The van der Waals surface area contributed by atoms with Crippen molar-refractivity contribution < 1.29 is 5.11 Å². The second-order valence-corrected chi connectivity index (χ2v) is 5.57. The fourth-order valence-corrected chi connectivity index (χ4v) is 2.34. The second-order valence-electron chi connectivity index (χ2n) is 4.31. The molecule has 0 heterocycles. The molecule has 0 aliphatic heterocycles. The minimum absolute atomic E-state index is 0.489. The third kappa shape index (κ3) is 4.32. The third-order valence-electron chi connectivity index (χ3n) is 2.84. The van der Waals surface area contributed by atoms with Gasteiger partial charge in [-0.3, -0.25) is 0 Å². The molecular formula is C15H15BrClNO. The van der Waals surface area contributed by atoms with Crippen molar-refractivity contribution in [1.82, 2.24) is 5.32 Å². The van der Waals surface area contributed by atoms with Crippen LogP contribution in [0, 0.1) is 0 Å². The quantitative estimate of drug-likeness (QED) is 0.864. The van der Waals surface area contributed by atoms with E-state index >= 15 is 0 Å². The first kappa shape index (κ1) is 14.5. The maximum atomic E-state index is 10.0. The number of nitrogens with one attached hydrogen (secondary N) is 1. The smallest absolute Gasteiger partial charge is 0.0914 e. The van der Waals surface area contributed by atoms with Crippen molar-refractivity contribution in [3.8, 4) is 0 Å². The summed E-state index contributed by atoms with van der Waals surface area (Å²) in [7, 11) is 0. The van der Waals surface area contributed by atoms with Gasteiger partial charge < -0.3 is 10.4 Å². The van der Waals surface area contributed by atoms with Crippen molar-refractivity contribution in [2.75, 3.05) is 6.54 Å². The molecule has 0 amide bonds. The minimum Gasteiger partial charge on any atom is -0.387 e. The van der Waals surface area contributed by atoms with E-state index in [2.05, 4.69) is 21.2 Å². The molecule has 0 aliphatic carbocycles. The van der Waals surface area contributed by atoms with E-state index in [1.165, 1.54) is 0 Å². The first-order chi connectivity index (χ1) is 9.16. The predicted octanol–water partition coefficient (Wildman–Crippen LogP) is 3.93. The van der Waals surface area contributed by atoms with Gasteiger partial charge in [-0.1, -0.05) is 48.0 Å². The molecule has 0 radical (unpaired) electrons. The third-order valence-corrected chi connectivity index (χ3v) is 4.05. The van der Waals surface area contributed by atoms with Crippen LogP contribution in [0.5, 0.6) is 0 Å². The van der Waals surface area contributed by atoms with E-state index < -0.39 is 6.10 Å². The van der Waals surface area contributed by atoms with E-state index in [9.17, 15) is 5.11 Å². The van der Waals surface area contributed by atoms with Crippen molar-refractivity contribution in [2.45, 2.75) is 12.6 Å². The number of hydrogen-bond acceptors (Lipinski definition) is 2. The highest BCUT2D eigenvalue weighted by molar-refractivity contribution is 9.10. The molecule has 2 aromatic rings. The van der Waals surface area contributed by atoms with Gasteiger partial charge in [0.2, 0.25) is 0 Å². The lowest BCUT2D eigenvalue weighted by Crippen LogP contribution is -2.21. The number of halogens is 2. The Kier molecular flexibility index (Phi) is 5.40. The Hall–Kier alpha value is -0.870. The number of benzene rings is 2. The Morgan fingerprint density at radius 3 is 2.58 bits per heavy atom. The summed E-state index contributed by atoms with van der Waals surface area (Å²) in [4.78, 5) is 0. The van der Waals surface area contributed by atoms with Gasteiger partial charge in [-0.25, -0.2) is 0 Å². The highest BCUT2D eigenvalue weighted by Gasteiger charge is 2.06. The van der Waals surface area contributed by atoms with Gasteiger partial charge in [0, 0.05) is 17.6 Å². The first-order valence-corrected chi connectivity index (χ1v) is 7.21. The normalized spacial score (nSPS) is 12.4. The van der Waals surface area contributed by atoms with E-state index in [0.717, 1.165) is 15.6 Å². The molecule has 2 nitrogen and oxygen atoms in total. The Morgan fingerprint density at radius 2 is 1.89 bits per heavy atom. The van der Waals surface area contributed by atoms with E-state index in [4.69, 9.17) is 11.6 Å². The molecular weight excluding hydrogens is 326 g/mol. The lowest BCUT2D eigenvalue weighted by molar-refractivity contribution is 0.174. The molecule has 0 bridgehead atoms. The average molecular weight is 341 g/mol.